The lowest BCUT2D eigenvalue weighted by Gasteiger charge is -2.35. The van der Waals surface area contributed by atoms with Crippen molar-refractivity contribution in [2.45, 2.75) is 66.0 Å². The molecular weight excluding hydrogens is 273 g/mol. The molecule has 0 saturated carbocycles. The van der Waals surface area contributed by atoms with Crippen molar-refractivity contribution in [2.24, 2.45) is 7.05 Å². The van der Waals surface area contributed by atoms with Crippen LogP contribution in [0, 0.1) is 13.8 Å². The van der Waals surface area contributed by atoms with Crippen molar-refractivity contribution in [3.05, 3.63) is 11.4 Å². The molecule has 0 aromatic carbocycles. The monoisotopic (exact) mass is 300 g/mol. The lowest BCUT2D eigenvalue weighted by molar-refractivity contribution is -0.659. The van der Waals surface area contributed by atoms with E-state index in [1.54, 1.807) is 0 Å². The van der Waals surface area contributed by atoms with E-state index in [0.717, 1.165) is 11.4 Å². The smallest absolute Gasteiger partial charge is 0.335 e. The second kappa shape index (κ2) is 4.97. The first-order valence-electron chi connectivity index (χ1n) is 7.26. The summed E-state index contributed by atoms with van der Waals surface area (Å²) in [6.45, 7) is 13.0. The molecule has 1 aliphatic heterocycles. The van der Waals surface area contributed by atoms with E-state index >= 15 is 0 Å². The molecule has 1 N–H and O–H groups in total. The van der Waals surface area contributed by atoms with Gasteiger partial charge in [-0.3, -0.25) is 9.46 Å². The minimum atomic E-state index is -3.40. The number of imidazole rings is 1. The SMILES string of the molecule is Cc1c(C)[n+](C)c2n1CC(N(C(C)C)C(C)C)P2(=O)O. The fraction of sp³-hybridized carbons (Fsp3) is 0.786. The average molecular weight is 300 g/mol. The molecule has 2 heterocycles. The lowest BCUT2D eigenvalue weighted by Crippen LogP contribution is -2.49. The van der Waals surface area contributed by atoms with Crippen LogP contribution in [0.25, 0.3) is 0 Å². The van der Waals surface area contributed by atoms with Gasteiger partial charge in [0.1, 0.15) is 23.7 Å². The van der Waals surface area contributed by atoms with Crippen LogP contribution in [0.15, 0.2) is 0 Å². The third kappa shape index (κ3) is 2.07. The van der Waals surface area contributed by atoms with Crippen LogP contribution in [0.1, 0.15) is 39.1 Å². The molecule has 2 unspecified atom stereocenters. The molecular formula is C14H27N3O2P+. The van der Waals surface area contributed by atoms with E-state index in [1.807, 2.05) is 30.0 Å². The van der Waals surface area contributed by atoms with Crippen LogP contribution >= 0.6 is 7.37 Å². The molecule has 0 saturated heterocycles. The minimum absolute atomic E-state index is 0.247. The molecule has 2 rings (SSSR count). The van der Waals surface area contributed by atoms with Crippen molar-refractivity contribution >= 4 is 12.9 Å². The Morgan fingerprint density at radius 1 is 1.30 bits per heavy atom. The van der Waals surface area contributed by atoms with Crippen molar-refractivity contribution < 1.29 is 14.0 Å². The van der Waals surface area contributed by atoms with Crippen LogP contribution in [0.4, 0.5) is 0 Å². The molecule has 5 nitrogen and oxygen atoms in total. The van der Waals surface area contributed by atoms with E-state index in [4.69, 9.17) is 0 Å². The first-order chi connectivity index (χ1) is 9.10. The maximum Gasteiger partial charge on any atom is 0.343 e. The van der Waals surface area contributed by atoms with Gasteiger partial charge in [-0.1, -0.05) is 0 Å². The molecule has 2 atom stereocenters. The summed E-state index contributed by atoms with van der Waals surface area (Å²) in [5.74, 6) is -0.317. The number of fused-ring (bicyclic) bond motifs is 1. The van der Waals surface area contributed by atoms with Gasteiger partial charge in [-0.15, -0.1) is 0 Å². The van der Waals surface area contributed by atoms with Gasteiger partial charge in [-0.05, 0) is 27.7 Å². The molecule has 20 heavy (non-hydrogen) atoms. The highest BCUT2D eigenvalue weighted by atomic mass is 31.2. The topological polar surface area (TPSA) is 49.3 Å². The first-order valence-corrected chi connectivity index (χ1v) is 8.99. The highest BCUT2D eigenvalue weighted by Crippen LogP contribution is 2.51. The summed E-state index contributed by atoms with van der Waals surface area (Å²) < 4.78 is 17.0. The standard InChI is InChI=1S/C14H26N3O2P/c1-9(2)17(10(3)4)13-8-16-12(6)11(5)15(7)14(16)20(13,18)19/h9-10,13H,8H2,1-7H3/p+1. The molecule has 1 aromatic heterocycles. The summed E-state index contributed by atoms with van der Waals surface area (Å²) in [5.41, 5.74) is 2.74. The molecule has 0 aliphatic carbocycles. The van der Waals surface area contributed by atoms with Crippen molar-refractivity contribution in [2.75, 3.05) is 0 Å². The van der Waals surface area contributed by atoms with E-state index < -0.39 is 7.37 Å². The molecule has 0 amide bonds. The third-order valence-electron chi connectivity index (χ3n) is 4.55. The van der Waals surface area contributed by atoms with Gasteiger partial charge >= 0.3 is 12.9 Å². The van der Waals surface area contributed by atoms with Crippen LogP contribution < -0.4 is 10.1 Å². The van der Waals surface area contributed by atoms with Crippen molar-refractivity contribution in [1.29, 1.82) is 0 Å². The number of hydrogen-bond donors (Lipinski definition) is 1. The van der Waals surface area contributed by atoms with Crippen LogP contribution in [-0.4, -0.2) is 32.2 Å². The van der Waals surface area contributed by atoms with E-state index in [1.165, 1.54) is 0 Å². The Kier molecular flexibility index (Phi) is 3.91. The number of rotatable bonds is 3. The number of nitrogens with zero attached hydrogens (tertiary/aromatic N) is 3. The average Bonchev–Trinajstić information content (AvgIpc) is 2.69. The van der Waals surface area contributed by atoms with Crippen LogP contribution in [0.2, 0.25) is 0 Å². The maximum atomic E-state index is 13.1. The minimum Gasteiger partial charge on any atom is -0.335 e. The zero-order valence-corrected chi connectivity index (χ0v) is 14.5. The summed E-state index contributed by atoms with van der Waals surface area (Å²) in [7, 11) is -1.52. The Morgan fingerprint density at radius 3 is 2.20 bits per heavy atom. The van der Waals surface area contributed by atoms with Gasteiger partial charge in [0.2, 0.25) is 0 Å². The Balaban J connectivity index is 2.54. The third-order valence-corrected chi connectivity index (χ3v) is 6.90. The van der Waals surface area contributed by atoms with Crippen LogP contribution in [0.3, 0.4) is 0 Å². The van der Waals surface area contributed by atoms with Crippen molar-refractivity contribution in [1.82, 2.24) is 9.47 Å². The fourth-order valence-corrected chi connectivity index (χ4v) is 6.20. The molecule has 114 valence electrons. The predicted molar refractivity (Wildman–Crippen MR) is 80.4 cm³/mol. The van der Waals surface area contributed by atoms with E-state index in [9.17, 15) is 9.46 Å². The van der Waals surface area contributed by atoms with Crippen LogP contribution in [-0.2, 0) is 18.2 Å². The quantitative estimate of drug-likeness (QED) is 0.676. The highest BCUT2D eigenvalue weighted by Gasteiger charge is 2.55. The van der Waals surface area contributed by atoms with Gasteiger partial charge in [-0.25, -0.2) is 9.13 Å². The molecule has 0 radical (unpaired) electrons. The number of aromatic nitrogens is 2. The van der Waals surface area contributed by atoms with Gasteiger partial charge in [0, 0.05) is 25.9 Å². The summed E-state index contributed by atoms with van der Waals surface area (Å²) in [6, 6.07) is 0.494. The zero-order valence-electron chi connectivity index (χ0n) is 13.6. The van der Waals surface area contributed by atoms with Crippen LogP contribution in [0.5, 0.6) is 0 Å². The molecule has 0 spiro atoms. The van der Waals surface area contributed by atoms with Crippen molar-refractivity contribution in [3.8, 4) is 0 Å². The van der Waals surface area contributed by atoms with Crippen molar-refractivity contribution in [3.63, 3.8) is 0 Å². The fourth-order valence-electron chi connectivity index (χ4n) is 3.49. The maximum absolute atomic E-state index is 13.1. The Labute approximate surface area is 121 Å². The molecule has 1 aliphatic rings. The summed E-state index contributed by atoms with van der Waals surface area (Å²) in [5, 5.41) is 0. The van der Waals surface area contributed by atoms with Gasteiger partial charge in [0.25, 0.3) is 0 Å². The summed E-state index contributed by atoms with van der Waals surface area (Å²) >= 11 is 0. The second-order valence-electron chi connectivity index (χ2n) is 6.38. The molecule has 6 heteroatoms. The Morgan fingerprint density at radius 2 is 1.80 bits per heavy atom. The van der Waals surface area contributed by atoms with Gasteiger partial charge in [-0.2, -0.15) is 0 Å². The highest BCUT2D eigenvalue weighted by molar-refractivity contribution is 7.66. The lowest BCUT2D eigenvalue weighted by atomic mass is 10.2. The Bertz CT molecular complexity index is 569. The normalized spacial score (nSPS) is 26.1. The second-order valence-corrected chi connectivity index (χ2v) is 8.62. The summed E-state index contributed by atoms with van der Waals surface area (Å²) in [4.78, 5) is 12.9. The first kappa shape index (κ1) is 15.7. The largest absolute Gasteiger partial charge is 0.343 e. The van der Waals surface area contributed by atoms with E-state index in [-0.39, 0.29) is 17.9 Å². The molecule has 1 aromatic rings. The van der Waals surface area contributed by atoms with E-state index in [2.05, 4.69) is 32.6 Å². The zero-order chi connectivity index (χ0) is 15.4. The van der Waals surface area contributed by atoms with Gasteiger partial charge in [0.05, 0.1) is 7.05 Å². The summed E-state index contributed by atoms with van der Waals surface area (Å²) in [6.07, 6.45) is 0. The Hall–Kier alpha value is -0.640. The number of hydrogen-bond acceptors (Lipinski definition) is 2. The molecule has 0 fully saturated rings. The molecule has 0 bridgehead atoms. The van der Waals surface area contributed by atoms with E-state index in [0.29, 0.717) is 12.1 Å². The van der Waals surface area contributed by atoms with Gasteiger partial charge < -0.3 is 4.89 Å². The van der Waals surface area contributed by atoms with Gasteiger partial charge in [0.15, 0.2) is 0 Å². The predicted octanol–water partition coefficient (Wildman–Crippen LogP) is 1.28.